The molecule has 1 fully saturated rings. The first-order chi connectivity index (χ1) is 9.97. The van der Waals surface area contributed by atoms with Gasteiger partial charge in [-0.15, -0.1) is 0 Å². The summed E-state index contributed by atoms with van der Waals surface area (Å²) in [4.78, 5) is 23.9. The van der Waals surface area contributed by atoms with Crippen LogP contribution in [0.25, 0.3) is 0 Å². The number of benzene rings is 1. The van der Waals surface area contributed by atoms with Crippen LogP contribution in [0.15, 0.2) is 30.4 Å². The van der Waals surface area contributed by atoms with E-state index in [0.717, 1.165) is 23.2 Å². The molecule has 110 valence electrons. The lowest BCUT2D eigenvalue weighted by Gasteiger charge is -2.28. The van der Waals surface area contributed by atoms with E-state index in [0.29, 0.717) is 0 Å². The second-order valence-electron chi connectivity index (χ2n) is 6.13. The van der Waals surface area contributed by atoms with Crippen LogP contribution < -0.4 is 10.4 Å². The fraction of sp³-hybridized carbons (Fsp3) is 0.412. The SMILES string of the molecule is Cc1ccc(NC(=O)[C@H]2[C@@H](C(=O)[O-])[C@H]3C=C[C@@H]2C3)c(C)c1. The second kappa shape index (κ2) is 5.02. The van der Waals surface area contributed by atoms with Crippen LogP contribution in [0.1, 0.15) is 17.5 Å². The number of carboxylic acid groups (broad SMARTS) is 1. The molecule has 1 aromatic carbocycles. The van der Waals surface area contributed by atoms with Gasteiger partial charge in [-0.2, -0.15) is 0 Å². The fourth-order valence-corrected chi connectivity index (χ4v) is 3.67. The van der Waals surface area contributed by atoms with Crippen LogP contribution in [0.2, 0.25) is 0 Å². The Kier molecular flexibility index (Phi) is 3.32. The maximum absolute atomic E-state index is 12.5. The number of allylic oxidation sites excluding steroid dienone is 2. The van der Waals surface area contributed by atoms with E-state index in [1.165, 1.54) is 0 Å². The van der Waals surface area contributed by atoms with Gasteiger partial charge in [0.2, 0.25) is 5.91 Å². The lowest BCUT2D eigenvalue weighted by Crippen LogP contribution is -2.42. The van der Waals surface area contributed by atoms with Crippen LogP contribution in [0, 0.1) is 37.5 Å². The van der Waals surface area contributed by atoms with Crippen molar-refractivity contribution in [3.8, 4) is 0 Å². The van der Waals surface area contributed by atoms with Gasteiger partial charge in [-0.3, -0.25) is 4.79 Å². The first-order valence-electron chi connectivity index (χ1n) is 7.24. The number of hydrogen-bond donors (Lipinski definition) is 1. The van der Waals surface area contributed by atoms with Crippen LogP contribution >= 0.6 is 0 Å². The summed E-state index contributed by atoms with van der Waals surface area (Å²) in [6, 6.07) is 5.78. The molecule has 21 heavy (non-hydrogen) atoms. The van der Waals surface area contributed by atoms with Crippen molar-refractivity contribution >= 4 is 17.6 Å². The van der Waals surface area contributed by atoms with E-state index in [-0.39, 0.29) is 17.7 Å². The largest absolute Gasteiger partial charge is 0.550 e. The van der Waals surface area contributed by atoms with Gasteiger partial charge in [0, 0.05) is 17.6 Å². The van der Waals surface area contributed by atoms with E-state index >= 15 is 0 Å². The zero-order valence-corrected chi connectivity index (χ0v) is 12.1. The molecule has 4 atom stereocenters. The van der Waals surface area contributed by atoms with Crippen molar-refractivity contribution in [2.45, 2.75) is 20.3 Å². The predicted octanol–water partition coefficient (Wildman–Crippen LogP) is 1.43. The highest BCUT2D eigenvalue weighted by atomic mass is 16.4. The van der Waals surface area contributed by atoms with Crippen molar-refractivity contribution < 1.29 is 14.7 Å². The molecular weight excluding hydrogens is 266 g/mol. The fourth-order valence-electron chi connectivity index (χ4n) is 3.67. The molecule has 2 aliphatic carbocycles. The lowest BCUT2D eigenvalue weighted by molar-refractivity contribution is -0.313. The smallest absolute Gasteiger partial charge is 0.228 e. The summed E-state index contributed by atoms with van der Waals surface area (Å²) >= 11 is 0. The summed E-state index contributed by atoms with van der Waals surface area (Å²) in [5.74, 6) is -2.60. The molecule has 3 rings (SSSR count). The highest BCUT2D eigenvalue weighted by Crippen LogP contribution is 2.48. The number of hydrogen-bond acceptors (Lipinski definition) is 3. The Bertz CT molecular complexity index is 635. The van der Waals surface area contributed by atoms with Gasteiger partial charge in [-0.05, 0) is 43.7 Å². The minimum Gasteiger partial charge on any atom is -0.550 e. The number of carbonyl (C=O) groups is 2. The molecule has 0 unspecified atom stereocenters. The number of fused-ring (bicyclic) bond motifs is 2. The lowest BCUT2D eigenvalue weighted by atomic mass is 9.82. The van der Waals surface area contributed by atoms with Crippen LogP contribution in [0.5, 0.6) is 0 Å². The number of aryl methyl sites for hydroxylation is 2. The second-order valence-corrected chi connectivity index (χ2v) is 6.13. The molecule has 0 heterocycles. The van der Waals surface area contributed by atoms with Crippen molar-refractivity contribution in [3.63, 3.8) is 0 Å². The standard InChI is InChI=1S/C17H19NO3/c1-9-3-6-13(10(2)7-9)18-16(19)14-11-4-5-12(8-11)15(14)17(20)21/h3-7,11-12,14-15H,8H2,1-2H3,(H,18,19)(H,20,21)/p-1/t11-,12+,14-,15+/m1/s1. The van der Waals surface area contributed by atoms with Crippen LogP contribution in [-0.2, 0) is 9.59 Å². The van der Waals surface area contributed by atoms with Gasteiger partial charge in [0.1, 0.15) is 0 Å². The number of rotatable bonds is 3. The van der Waals surface area contributed by atoms with E-state index in [1.807, 2.05) is 44.2 Å². The third-order valence-electron chi connectivity index (χ3n) is 4.67. The van der Waals surface area contributed by atoms with E-state index in [4.69, 9.17) is 0 Å². The Morgan fingerprint density at radius 1 is 1.14 bits per heavy atom. The Labute approximate surface area is 123 Å². The molecule has 4 nitrogen and oxygen atoms in total. The number of aliphatic carboxylic acids is 1. The molecule has 0 spiro atoms. The molecule has 1 aromatic rings. The number of carbonyl (C=O) groups excluding carboxylic acids is 2. The van der Waals surface area contributed by atoms with Gasteiger partial charge in [-0.1, -0.05) is 29.8 Å². The number of amides is 1. The monoisotopic (exact) mass is 284 g/mol. The Morgan fingerprint density at radius 2 is 1.81 bits per heavy atom. The zero-order chi connectivity index (χ0) is 15.1. The highest BCUT2D eigenvalue weighted by molar-refractivity contribution is 5.96. The minimum atomic E-state index is -1.12. The third-order valence-corrected chi connectivity index (χ3v) is 4.67. The van der Waals surface area contributed by atoms with Crippen molar-refractivity contribution in [1.82, 2.24) is 0 Å². The van der Waals surface area contributed by atoms with Gasteiger partial charge < -0.3 is 15.2 Å². The molecule has 2 bridgehead atoms. The van der Waals surface area contributed by atoms with Crippen LogP contribution in [0.4, 0.5) is 5.69 Å². The van der Waals surface area contributed by atoms with E-state index in [1.54, 1.807) is 0 Å². The highest BCUT2D eigenvalue weighted by Gasteiger charge is 2.48. The first-order valence-corrected chi connectivity index (χ1v) is 7.24. The molecule has 0 radical (unpaired) electrons. The summed E-state index contributed by atoms with van der Waals surface area (Å²) < 4.78 is 0. The van der Waals surface area contributed by atoms with Crippen LogP contribution in [-0.4, -0.2) is 11.9 Å². The summed E-state index contributed by atoms with van der Waals surface area (Å²) in [5, 5.41) is 14.2. The topological polar surface area (TPSA) is 69.2 Å². The molecule has 2 aliphatic rings. The van der Waals surface area contributed by atoms with Crippen LogP contribution in [0.3, 0.4) is 0 Å². The molecular formula is C17H18NO3-. The number of carboxylic acids is 1. The molecule has 1 amide bonds. The van der Waals surface area contributed by atoms with Gasteiger partial charge in [0.25, 0.3) is 0 Å². The Hall–Kier alpha value is -2.10. The predicted molar refractivity (Wildman–Crippen MR) is 77.3 cm³/mol. The van der Waals surface area contributed by atoms with E-state index in [2.05, 4.69) is 5.32 Å². The molecule has 0 aromatic heterocycles. The summed E-state index contributed by atoms with van der Waals surface area (Å²) in [6.07, 6.45) is 4.62. The first kappa shape index (κ1) is 13.9. The summed E-state index contributed by atoms with van der Waals surface area (Å²) in [7, 11) is 0. The molecule has 0 saturated heterocycles. The van der Waals surface area contributed by atoms with Crippen molar-refractivity contribution in [2.75, 3.05) is 5.32 Å². The van der Waals surface area contributed by atoms with Gasteiger partial charge in [0.15, 0.2) is 0 Å². The average molecular weight is 284 g/mol. The maximum atomic E-state index is 12.5. The minimum absolute atomic E-state index is 0.0173. The van der Waals surface area contributed by atoms with E-state index in [9.17, 15) is 14.7 Å². The Morgan fingerprint density at radius 3 is 2.43 bits per heavy atom. The Balaban J connectivity index is 1.82. The van der Waals surface area contributed by atoms with Crippen molar-refractivity contribution in [3.05, 3.63) is 41.5 Å². The molecule has 0 aliphatic heterocycles. The summed E-state index contributed by atoms with van der Waals surface area (Å²) in [6.45, 7) is 3.92. The van der Waals surface area contributed by atoms with Crippen molar-refractivity contribution in [1.29, 1.82) is 0 Å². The number of anilines is 1. The molecule has 1 saturated carbocycles. The normalized spacial score (nSPS) is 29.6. The third kappa shape index (κ3) is 2.35. The number of nitrogens with one attached hydrogen (secondary N) is 1. The quantitative estimate of drug-likeness (QED) is 0.854. The van der Waals surface area contributed by atoms with E-state index < -0.39 is 17.8 Å². The van der Waals surface area contributed by atoms with Gasteiger partial charge >= 0.3 is 0 Å². The van der Waals surface area contributed by atoms with Crippen molar-refractivity contribution in [2.24, 2.45) is 23.7 Å². The van der Waals surface area contributed by atoms with Gasteiger partial charge in [0.05, 0.1) is 5.92 Å². The summed E-state index contributed by atoms with van der Waals surface area (Å²) in [5.41, 5.74) is 2.85. The molecule has 1 N–H and O–H groups in total. The maximum Gasteiger partial charge on any atom is 0.228 e. The zero-order valence-electron chi connectivity index (χ0n) is 12.1. The van der Waals surface area contributed by atoms with Gasteiger partial charge in [-0.25, -0.2) is 0 Å². The average Bonchev–Trinajstić information content (AvgIpc) is 3.02. The molecule has 4 heteroatoms.